The largest absolute Gasteiger partial charge is 0.351 e. The molecule has 1 saturated heterocycles. The van der Waals surface area contributed by atoms with Gasteiger partial charge < -0.3 is 18.6 Å². The lowest BCUT2D eigenvalue weighted by molar-refractivity contribution is -0.0278. The fourth-order valence-electron chi connectivity index (χ4n) is 6.55. The quantitative estimate of drug-likeness (QED) is 0.0649. The maximum absolute atomic E-state index is 13.1. The zero-order valence-corrected chi connectivity index (χ0v) is 29.7. The average Bonchev–Trinajstić information content (AvgIpc) is 3.50. The van der Waals surface area contributed by atoms with Crippen LogP contribution < -0.4 is 16.6 Å². The van der Waals surface area contributed by atoms with Gasteiger partial charge in [-0.2, -0.15) is 0 Å². The number of ether oxygens (including phenoxy) is 1. The zero-order valence-electron chi connectivity index (χ0n) is 28.8. The Kier molecular flexibility index (Phi) is 12.3. The number of aromatic nitrogens is 2. The van der Waals surface area contributed by atoms with Crippen LogP contribution in [0.5, 0.6) is 0 Å². The molecule has 0 radical (unpaired) electrons. The van der Waals surface area contributed by atoms with Crippen LogP contribution in [-0.4, -0.2) is 58.2 Å². The smallest absolute Gasteiger partial charge is 0.330 e. The standard InChI is InChI=1S/C38H46N5O5P/c1-27(2)43(28(3)4)49(46-23-22-39-6)47-26-34-33(24-35(48-34)42-25-29(5)36(44)40-37(42)45)41-38(30-16-10-7-11-17-30,31-18-12-8-13-19-31)32-20-14-9-15-21-32/h7-21,25,27-28,33-35,41H,22-24,26H2,1-5H3,(H,40,44,45)/t33?,34-,35-,49?/m1/s1. The molecular formula is C38H46N5O5P. The molecule has 0 bridgehead atoms. The molecule has 2 N–H and O–H groups in total. The molecule has 2 heterocycles. The van der Waals surface area contributed by atoms with E-state index in [-0.39, 0.29) is 37.9 Å². The van der Waals surface area contributed by atoms with E-state index in [1.165, 1.54) is 4.57 Å². The van der Waals surface area contributed by atoms with Crippen molar-refractivity contribution in [2.45, 2.75) is 77.0 Å². The van der Waals surface area contributed by atoms with Crippen LogP contribution in [-0.2, 0) is 19.3 Å². The van der Waals surface area contributed by atoms with Crippen LogP contribution in [0.25, 0.3) is 4.85 Å². The molecule has 4 aromatic rings. The van der Waals surface area contributed by atoms with Crippen LogP contribution >= 0.6 is 8.53 Å². The van der Waals surface area contributed by atoms with Gasteiger partial charge in [0.2, 0.25) is 6.54 Å². The van der Waals surface area contributed by atoms with Crippen molar-refractivity contribution in [2.24, 2.45) is 0 Å². The lowest BCUT2D eigenvalue weighted by atomic mass is 9.76. The summed E-state index contributed by atoms with van der Waals surface area (Å²) in [6, 6.07) is 30.9. The van der Waals surface area contributed by atoms with Crippen molar-refractivity contribution in [1.29, 1.82) is 0 Å². The highest BCUT2D eigenvalue weighted by atomic mass is 31.2. The number of aromatic amines is 1. The van der Waals surface area contributed by atoms with Gasteiger partial charge in [0.25, 0.3) is 14.1 Å². The number of H-pyrrole nitrogens is 1. The number of nitrogens with one attached hydrogen (secondary N) is 2. The first-order chi connectivity index (χ1) is 23.6. The molecule has 0 amide bonds. The minimum absolute atomic E-state index is 0.134. The van der Waals surface area contributed by atoms with E-state index in [0.29, 0.717) is 12.0 Å². The predicted octanol–water partition coefficient (Wildman–Crippen LogP) is 6.38. The maximum Gasteiger partial charge on any atom is 0.330 e. The zero-order chi connectivity index (χ0) is 35.0. The minimum Gasteiger partial charge on any atom is -0.351 e. The Hall–Kier alpha value is -3.94. The number of rotatable bonds is 15. The predicted molar refractivity (Wildman–Crippen MR) is 193 cm³/mol. The number of nitrogens with zero attached hydrogens (tertiary/aromatic N) is 3. The van der Waals surface area contributed by atoms with Crippen molar-refractivity contribution in [3.8, 4) is 0 Å². The number of benzene rings is 3. The summed E-state index contributed by atoms with van der Waals surface area (Å²) < 4.78 is 23.2. The number of hydrogen-bond acceptors (Lipinski definition) is 7. The summed E-state index contributed by atoms with van der Waals surface area (Å²) in [5.41, 5.74) is 1.80. The Morgan fingerprint density at radius 2 is 1.47 bits per heavy atom. The molecule has 258 valence electrons. The van der Waals surface area contributed by atoms with Gasteiger partial charge in [0.05, 0.1) is 18.2 Å². The summed E-state index contributed by atoms with van der Waals surface area (Å²) >= 11 is 0. The second kappa shape index (κ2) is 16.6. The van der Waals surface area contributed by atoms with Crippen LogP contribution in [0.15, 0.2) is 107 Å². The lowest BCUT2D eigenvalue weighted by Crippen LogP contribution is -2.53. The van der Waals surface area contributed by atoms with E-state index in [0.717, 1.165) is 16.7 Å². The monoisotopic (exact) mass is 683 g/mol. The molecule has 49 heavy (non-hydrogen) atoms. The Labute approximate surface area is 289 Å². The topological polar surface area (TPSA) is 102 Å². The van der Waals surface area contributed by atoms with Gasteiger partial charge in [0.1, 0.15) is 12.8 Å². The van der Waals surface area contributed by atoms with Crippen molar-refractivity contribution in [3.05, 3.63) is 152 Å². The summed E-state index contributed by atoms with van der Waals surface area (Å²) in [5.74, 6) is 0. The first-order valence-electron chi connectivity index (χ1n) is 16.7. The SMILES string of the molecule is [C-]#[N+]CCOP(OC[C@H]1O[C@@H](n2cc(C)c(=O)[nH]c2=O)CC1NC(c1ccccc1)(c1ccccc1)c1ccccc1)N(C(C)C)C(C)C. The fraction of sp³-hybridized carbons (Fsp3) is 0.395. The molecule has 1 aromatic heterocycles. The van der Waals surface area contributed by atoms with E-state index < -0.39 is 37.6 Å². The van der Waals surface area contributed by atoms with E-state index in [1.54, 1.807) is 13.1 Å². The first-order valence-corrected chi connectivity index (χ1v) is 17.9. The molecule has 10 nitrogen and oxygen atoms in total. The summed E-state index contributed by atoms with van der Waals surface area (Å²) in [6.07, 6.45) is 0.789. The highest BCUT2D eigenvalue weighted by molar-refractivity contribution is 7.44. The van der Waals surface area contributed by atoms with E-state index in [2.05, 4.69) is 83.9 Å². The van der Waals surface area contributed by atoms with Gasteiger partial charge in [-0.1, -0.05) is 91.0 Å². The molecule has 2 unspecified atom stereocenters. The Balaban J connectivity index is 1.59. The Morgan fingerprint density at radius 1 is 0.939 bits per heavy atom. The van der Waals surface area contributed by atoms with Crippen LogP contribution in [0.2, 0.25) is 0 Å². The molecule has 0 aliphatic carbocycles. The first kappa shape index (κ1) is 36.3. The molecule has 0 spiro atoms. The Morgan fingerprint density at radius 3 is 1.96 bits per heavy atom. The molecule has 1 aliphatic rings. The summed E-state index contributed by atoms with van der Waals surface area (Å²) in [4.78, 5) is 31.3. The summed E-state index contributed by atoms with van der Waals surface area (Å²) in [5, 5.41) is 4.05. The van der Waals surface area contributed by atoms with Crippen molar-refractivity contribution in [3.63, 3.8) is 0 Å². The number of hydrogen-bond donors (Lipinski definition) is 2. The Bertz CT molecular complexity index is 1690. The van der Waals surface area contributed by atoms with Crippen LogP contribution in [0, 0.1) is 13.5 Å². The second-order valence-electron chi connectivity index (χ2n) is 12.8. The van der Waals surface area contributed by atoms with Crippen LogP contribution in [0.1, 0.15) is 62.6 Å². The molecule has 1 aliphatic heterocycles. The highest BCUT2D eigenvalue weighted by Crippen LogP contribution is 2.47. The van der Waals surface area contributed by atoms with Gasteiger partial charge in [0, 0.05) is 36.3 Å². The summed E-state index contributed by atoms with van der Waals surface area (Å²) in [7, 11) is -1.53. The van der Waals surface area contributed by atoms with Crippen molar-refractivity contribution >= 4 is 8.53 Å². The molecule has 0 saturated carbocycles. The molecule has 3 aromatic carbocycles. The third kappa shape index (κ3) is 8.27. The lowest BCUT2D eigenvalue weighted by Gasteiger charge is -2.40. The molecular weight excluding hydrogens is 637 g/mol. The maximum atomic E-state index is 13.1. The van der Waals surface area contributed by atoms with E-state index in [4.69, 9.17) is 20.4 Å². The van der Waals surface area contributed by atoms with Gasteiger partial charge in [-0.3, -0.25) is 19.7 Å². The van der Waals surface area contributed by atoms with Gasteiger partial charge >= 0.3 is 5.69 Å². The number of aryl methyl sites for hydroxylation is 1. The molecule has 1 fully saturated rings. The van der Waals surface area contributed by atoms with E-state index in [9.17, 15) is 9.59 Å². The van der Waals surface area contributed by atoms with Crippen molar-refractivity contribution in [1.82, 2.24) is 19.5 Å². The van der Waals surface area contributed by atoms with Crippen LogP contribution in [0.4, 0.5) is 0 Å². The summed E-state index contributed by atoms with van der Waals surface area (Å²) in [6.45, 7) is 18.0. The van der Waals surface area contributed by atoms with E-state index in [1.807, 2.05) is 54.6 Å². The average molecular weight is 684 g/mol. The van der Waals surface area contributed by atoms with E-state index >= 15 is 0 Å². The minimum atomic E-state index is -1.53. The molecule has 5 rings (SSSR count). The van der Waals surface area contributed by atoms with Crippen molar-refractivity contribution in [2.75, 3.05) is 19.8 Å². The highest BCUT2D eigenvalue weighted by Gasteiger charge is 2.45. The van der Waals surface area contributed by atoms with Gasteiger partial charge in [-0.15, -0.1) is 0 Å². The third-order valence-corrected chi connectivity index (χ3v) is 10.8. The van der Waals surface area contributed by atoms with Gasteiger partial charge in [-0.25, -0.2) is 16.0 Å². The second-order valence-corrected chi connectivity index (χ2v) is 14.2. The van der Waals surface area contributed by atoms with Gasteiger partial charge in [-0.05, 0) is 51.3 Å². The van der Waals surface area contributed by atoms with Crippen molar-refractivity contribution < 1.29 is 13.8 Å². The molecule has 11 heteroatoms. The van der Waals surface area contributed by atoms with Gasteiger partial charge in [0.15, 0.2) is 0 Å². The fourth-order valence-corrected chi connectivity index (χ4v) is 8.15. The molecule has 4 atom stereocenters. The third-order valence-electron chi connectivity index (χ3n) is 8.72. The van der Waals surface area contributed by atoms with Crippen LogP contribution in [0.3, 0.4) is 0 Å². The normalized spacial score (nSPS) is 18.6.